The average Bonchev–Trinajstić information content (AvgIpc) is 3.29. The molecule has 0 amide bonds. The van der Waals surface area contributed by atoms with Crippen LogP contribution < -0.4 is 14.8 Å². The average molecular weight is 333 g/mol. The summed E-state index contributed by atoms with van der Waals surface area (Å²) in [7, 11) is 0. The highest BCUT2D eigenvalue weighted by atomic mass is 16.7. The first-order valence-electron chi connectivity index (χ1n) is 8.00. The predicted octanol–water partition coefficient (Wildman–Crippen LogP) is 2.93. The molecule has 3 heterocycles. The lowest BCUT2D eigenvalue weighted by atomic mass is 10.2. The highest BCUT2D eigenvalue weighted by Gasteiger charge is 2.14. The van der Waals surface area contributed by atoms with Gasteiger partial charge in [-0.1, -0.05) is 12.1 Å². The Morgan fingerprint density at radius 2 is 2.04 bits per heavy atom. The Hall–Kier alpha value is -3.35. The molecule has 0 saturated carbocycles. The molecule has 0 radical (unpaired) electrons. The second kappa shape index (κ2) is 5.34. The Balaban J connectivity index is 1.51. The number of hydrogen-bond donors (Lipinski definition) is 1. The maximum Gasteiger partial charge on any atom is 0.231 e. The van der Waals surface area contributed by atoms with E-state index in [0.29, 0.717) is 18.0 Å². The van der Waals surface area contributed by atoms with Crippen LogP contribution in [0.4, 0.5) is 5.82 Å². The number of anilines is 1. The van der Waals surface area contributed by atoms with E-state index < -0.39 is 0 Å². The zero-order valence-corrected chi connectivity index (χ0v) is 13.6. The summed E-state index contributed by atoms with van der Waals surface area (Å²) in [4.78, 5) is 4.71. The van der Waals surface area contributed by atoms with Crippen LogP contribution in [0.5, 0.6) is 11.5 Å². The minimum Gasteiger partial charge on any atom is -0.454 e. The molecule has 0 aliphatic carbocycles. The van der Waals surface area contributed by atoms with Crippen LogP contribution in [-0.4, -0.2) is 26.4 Å². The lowest BCUT2D eigenvalue weighted by Crippen LogP contribution is -2.05. The molecule has 0 atom stereocenters. The number of fused-ring (bicyclic) bond motifs is 4. The van der Waals surface area contributed by atoms with E-state index in [1.807, 2.05) is 34.7 Å². The number of nitrogens with one attached hydrogen (secondary N) is 1. The summed E-state index contributed by atoms with van der Waals surface area (Å²) in [5.41, 5.74) is 4.84. The fourth-order valence-corrected chi connectivity index (χ4v) is 3.02. The van der Waals surface area contributed by atoms with Gasteiger partial charge in [0.25, 0.3) is 0 Å². The minimum absolute atomic E-state index is 0.276. The number of aryl methyl sites for hydroxylation is 1. The third-order valence-electron chi connectivity index (χ3n) is 4.28. The van der Waals surface area contributed by atoms with Gasteiger partial charge in [0, 0.05) is 6.54 Å². The van der Waals surface area contributed by atoms with E-state index in [9.17, 15) is 0 Å². The van der Waals surface area contributed by atoms with Gasteiger partial charge in [0.2, 0.25) is 12.4 Å². The molecule has 0 fully saturated rings. The number of rotatable bonds is 3. The highest BCUT2D eigenvalue weighted by Crippen LogP contribution is 2.32. The van der Waals surface area contributed by atoms with Gasteiger partial charge in [-0.25, -0.2) is 4.98 Å². The van der Waals surface area contributed by atoms with Gasteiger partial charge in [-0.15, -0.1) is 10.2 Å². The molecule has 7 nitrogen and oxygen atoms in total. The van der Waals surface area contributed by atoms with Gasteiger partial charge < -0.3 is 14.8 Å². The molecule has 4 aromatic rings. The van der Waals surface area contributed by atoms with E-state index in [2.05, 4.69) is 28.5 Å². The summed E-state index contributed by atoms with van der Waals surface area (Å²) < 4.78 is 12.7. The van der Waals surface area contributed by atoms with Crippen molar-refractivity contribution in [3.05, 3.63) is 53.9 Å². The Labute approximate surface area is 143 Å². The van der Waals surface area contributed by atoms with Crippen molar-refractivity contribution >= 4 is 22.5 Å². The van der Waals surface area contributed by atoms with Gasteiger partial charge in [-0.2, -0.15) is 0 Å². The molecule has 5 rings (SSSR count). The zero-order chi connectivity index (χ0) is 16.8. The van der Waals surface area contributed by atoms with Crippen molar-refractivity contribution in [3.8, 4) is 11.5 Å². The van der Waals surface area contributed by atoms with Gasteiger partial charge in [0.1, 0.15) is 6.33 Å². The molecular weight excluding hydrogens is 318 g/mol. The van der Waals surface area contributed by atoms with Crippen molar-refractivity contribution in [3.63, 3.8) is 0 Å². The Morgan fingerprint density at radius 3 is 3.00 bits per heavy atom. The topological polar surface area (TPSA) is 73.6 Å². The van der Waals surface area contributed by atoms with Gasteiger partial charge >= 0.3 is 0 Å². The molecule has 7 heteroatoms. The van der Waals surface area contributed by atoms with Crippen LogP contribution in [0.1, 0.15) is 11.1 Å². The normalized spacial score (nSPS) is 12.8. The van der Waals surface area contributed by atoms with E-state index in [-0.39, 0.29) is 6.79 Å². The summed E-state index contributed by atoms with van der Waals surface area (Å²) in [6.45, 7) is 2.93. The number of nitrogens with zero attached hydrogens (tertiary/aromatic N) is 4. The third-order valence-corrected chi connectivity index (χ3v) is 4.28. The van der Waals surface area contributed by atoms with Crippen LogP contribution in [-0.2, 0) is 6.54 Å². The second-order valence-corrected chi connectivity index (χ2v) is 6.02. The largest absolute Gasteiger partial charge is 0.454 e. The maximum absolute atomic E-state index is 5.43. The first-order valence-corrected chi connectivity index (χ1v) is 8.00. The lowest BCUT2D eigenvalue weighted by molar-refractivity contribution is 0.174. The molecule has 2 aromatic carbocycles. The van der Waals surface area contributed by atoms with Gasteiger partial charge in [0.05, 0.1) is 11.0 Å². The minimum atomic E-state index is 0.276. The summed E-state index contributed by atoms with van der Waals surface area (Å²) in [5, 5.41) is 11.6. The van der Waals surface area contributed by atoms with Crippen molar-refractivity contribution in [2.45, 2.75) is 13.5 Å². The fourth-order valence-electron chi connectivity index (χ4n) is 3.02. The van der Waals surface area contributed by atoms with Gasteiger partial charge in [0.15, 0.2) is 17.3 Å². The second-order valence-electron chi connectivity index (χ2n) is 6.02. The first kappa shape index (κ1) is 14.0. The molecule has 2 aromatic heterocycles. The molecule has 1 aliphatic heterocycles. The maximum atomic E-state index is 5.43. The number of hydrogen-bond acceptors (Lipinski definition) is 6. The third kappa shape index (κ3) is 2.32. The molecule has 124 valence electrons. The fraction of sp³-hybridized carbons (Fsp3) is 0.167. The highest BCUT2D eigenvalue weighted by molar-refractivity contribution is 5.83. The summed E-state index contributed by atoms with van der Waals surface area (Å²) in [6, 6.07) is 12.0. The molecule has 0 spiro atoms. The van der Waals surface area contributed by atoms with Crippen molar-refractivity contribution in [2.75, 3.05) is 12.1 Å². The van der Waals surface area contributed by atoms with Crippen LogP contribution in [0.25, 0.3) is 16.7 Å². The van der Waals surface area contributed by atoms with Crippen LogP contribution >= 0.6 is 0 Å². The van der Waals surface area contributed by atoms with Gasteiger partial charge in [-0.3, -0.25) is 4.40 Å². The van der Waals surface area contributed by atoms with Crippen LogP contribution in [0.3, 0.4) is 0 Å². The molecular formula is C18H15N5O2. The first-order chi connectivity index (χ1) is 12.3. The number of aromatic nitrogens is 4. The van der Waals surface area contributed by atoms with E-state index in [1.165, 1.54) is 5.56 Å². The van der Waals surface area contributed by atoms with Crippen LogP contribution in [0.15, 0.2) is 42.7 Å². The van der Waals surface area contributed by atoms with E-state index in [1.54, 1.807) is 6.33 Å². The molecule has 1 N–H and O–H groups in total. The van der Waals surface area contributed by atoms with E-state index in [4.69, 9.17) is 14.5 Å². The zero-order valence-electron chi connectivity index (χ0n) is 13.6. The molecule has 0 bridgehead atoms. The monoisotopic (exact) mass is 333 g/mol. The van der Waals surface area contributed by atoms with Crippen molar-refractivity contribution in [2.24, 2.45) is 0 Å². The van der Waals surface area contributed by atoms with E-state index in [0.717, 1.165) is 28.1 Å². The summed E-state index contributed by atoms with van der Waals surface area (Å²) >= 11 is 0. The van der Waals surface area contributed by atoms with Crippen molar-refractivity contribution in [1.82, 2.24) is 19.6 Å². The number of benzene rings is 2. The van der Waals surface area contributed by atoms with Crippen molar-refractivity contribution in [1.29, 1.82) is 0 Å². The quantitative estimate of drug-likeness (QED) is 0.621. The Bertz CT molecular complexity index is 1110. The molecule has 25 heavy (non-hydrogen) atoms. The molecule has 0 saturated heterocycles. The number of ether oxygens (including phenoxy) is 2. The van der Waals surface area contributed by atoms with Crippen molar-refractivity contribution < 1.29 is 9.47 Å². The standard InChI is InChI=1S/C18H15N5O2/c1-11-2-4-13-14(6-11)23-9-20-22-18(23)17(21-13)19-8-12-3-5-15-16(7-12)25-10-24-15/h2-7,9H,8,10H2,1H3,(H,19,21). The Morgan fingerprint density at radius 1 is 1.12 bits per heavy atom. The lowest BCUT2D eigenvalue weighted by Gasteiger charge is -2.10. The Kier molecular flexibility index (Phi) is 3.00. The molecule has 0 unspecified atom stereocenters. The van der Waals surface area contributed by atoms with Gasteiger partial charge in [-0.05, 0) is 42.3 Å². The van der Waals surface area contributed by atoms with E-state index >= 15 is 0 Å². The smallest absolute Gasteiger partial charge is 0.231 e. The molecule has 1 aliphatic rings. The predicted molar refractivity (Wildman–Crippen MR) is 92.9 cm³/mol. The van der Waals surface area contributed by atoms with Crippen LogP contribution in [0.2, 0.25) is 0 Å². The van der Waals surface area contributed by atoms with Crippen LogP contribution in [0, 0.1) is 6.92 Å². The SMILES string of the molecule is Cc1ccc2nc(NCc3ccc4c(c3)OCO4)c3nncn3c2c1. The summed E-state index contributed by atoms with van der Waals surface area (Å²) in [6.07, 6.45) is 1.71. The summed E-state index contributed by atoms with van der Waals surface area (Å²) in [5.74, 6) is 2.25.